The summed E-state index contributed by atoms with van der Waals surface area (Å²) in [4.78, 5) is 5.03. The number of hydrogen-bond acceptors (Lipinski definition) is 4. The Morgan fingerprint density at radius 1 is 1.03 bits per heavy atom. The van der Waals surface area contributed by atoms with Crippen molar-refractivity contribution in [2.24, 2.45) is 4.99 Å². The molecule has 0 spiro atoms. The molecule has 30 heavy (non-hydrogen) atoms. The molecule has 0 fully saturated rings. The molecule has 4 rings (SSSR count). The fraction of sp³-hybridized carbons (Fsp3) is 0.208. The molecule has 1 aliphatic heterocycles. The van der Waals surface area contributed by atoms with Gasteiger partial charge in [0.25, 0.3) is 0 Å². The molecule has 6 heteroatoms. The maximum Gasteiger partial charge on any atom is 0.133 e. The van der Waals surface area contributed by atoms with Gasteiger partial charge < -0.3 is 9.84 Å². The third-order valence-corrected chi connectivity index (χ3v) is 6.40. The van der Waals surface area contributed by atoms with Gasteiger partial charge in [-0.2, -0.15) is 0 Å². The second-order valence-electron chi connectivity index (χ2n) is 7.36. The molecule has 3 aromatic rings. The van der Waals surface area contributed by atoms with Gasteiger partial charge in [-0.3, -0.25) is 10.3 Å². The molecule has 1 aliphatic rings. The summed E-state index contributed by atoms with van der Waals surface area (Å²) in [7, 11) is 1.65. The quantitative estimate of drug-likeness (QED) is 0.408. The number of hydrogen-bond donors (Lipinski definition) is 2. The fourth-order valence-electron chi connectivity index (χ4n) is 3.65. The van der Waals surface area contributed by atoms with Crippen molar-refractivity contribution in [1.82, 2.24) is 5.32 Å². The van der Waals surface area contributed by atoms with E-state index in [-0.39, 0.29) is 18.0 Å². The van der Waals surface area contributed by atoms with E-state index in [2.05, 4.69) is 68.4 Å². The molecule has 0 aliphatic carbocycles. The van der Waals surface area contributed by atoms with Crippen LogP contribution in [0.1, 0.15) is 40.9 Å². The SMILES string of the molecule is COc1ccc([C@H]2N=C(c3ccc(C)cc3)C[C@H](c3cc(Br)ccc3O)N2)cc1Br. The van der Waals surface area contributed by atoms with E-state index in [4.69, 9.17) is 9.73 Å². The van der Waals surface area contributed by atoms with E-state index in [9.17, 15) is 5.11 Å². The van der Waals surface area contributed by atoms with Gasteiger partial charge in [0.2, 0.25) is 0 Å². The first-order valence-electron chi connectivity index (χ1n) is 9.66. The normalized spacial score (nSPS) is 18.7. The van der Waals surface area contributed by atoms with Crippen LogP contribution < -0.4 is 10.1 Å². The van der Waals surface area contributed by atoms with Gasteiger partial charge in [-0.1, -0.05) is 51.8 Å². The van der Waals surface area contributed by atoms with Gasteiger partial charge >= 0.3 is 0 Å². The Labute approximate surface area is 193 Å². The summed E-state index contributed by atoms with van der Waals surface area (Å²) in [6.45, 7) is 2.08. The lowest BCUT2D eigenvalue weighted by atomic mass is 9.93. The predicted molar refractivity (Wildman–Crippen MR) is 127 cm³/mol. The number of phenolic OH excluding ortho intramolecular Hbond substituents is 1. The number of nitrogens with one attached hydrogen (secondary N) is 1. The molecule has 0 radical (unpaired) electrons. The second kappa shape index (κ2) is 8.92. The van der Waals surface area contributed by atoms with E-state index in [0.29, 0.717) is 6.42 Å². The van der Waals surface area contributed by atoms with Gasteiger partial charge in [-0.25, -0.2) is 0 Å². The number of rotatable bonds is 4. The molecule has 0 bridgehead atoms. The molecule has 0 saturated carbocycles. The summed E-state index contributed by atoms with van der Waals surface area (Å²) in [6.07, 6.45) is 0.432. The maximum atomic E-state index is 10.5. The van der Waals surface area contributed by atoms with E-state index in [0.717, 1.165) is 37.1 Å². The molecule has 0 unspecified atom stereocenters. The summed E-state index contributed by atoms with van der Waals surface area (Å²) in [5, 5.41) is 14.1. The second-order valence-corrected chi connectivity index (χ2v) is 9.13. The molecule has 4 nitrogen and oxygen atoms in total. The standard InChI is InChI=1S/C24H22Br2N2O2/c1-14-3-5-15(6-4-14)20-13-21(18-12-17(25)8-9-22(18)29)28-24(27-20)16-7-10-23(30-2)19(26)11-16/h3-12,21,24,28-29H,13H2,1-2H3/t21-,24+/m1/s1. The van der Waals surface area contributed by atoms with Gasteiger partial charge in [0, 0.05) is 28.2 Å². The van der Waals surface area contributed by atoms with Crippen LogP contribution in [0.2, 0.25) is 0 Å². The molecular weight excluding hydrogens is 508 g/mol. The highest BCUT2D eigenvalue weighted by molar-refractivity contribution is 9.10. The molecule has 2 atom stereocenters. The monoisotopic (exact) mass is 528 g/mol. The Bertz CT molecular complexity index is 1100. The van der Waals surface area contributed by atoms with Gasteiger partial charge in [0.05, 0.1) is 11.6 Å². The van der Waals surface area contributed by atoms with E-state index in [1.807, 2.05) is 30.3 Å². The van der Waals surface area contributed by atoms with Gasteiger partial charge in [-0.05, 0) is 64.3 Å². The Morgan fingerprint density at radius 3 is 2.50 bits per heavy atom. The molecule has 154 valence electrons. The molecule has 0 saturated heterocycles. The zero-order valence-corrected chi connectivity index (χ0v) is 19.9. The largest absolute Gasteiger partial charge is 0.508 e. The minimum atomic E-state index is -0.249. The highest BCUT2D eigenvalue weighted by Crippen LogP contribution is 2.37. The van der Waals surface area contributed by atoms with Crippen molar-refractivity contribution in [3.63, 3.8) is 0 Å². The summed E-state index contributed by atoms with van der Waals surface area (Å²) in [6, 6.07) is 19.8. The number of ether oxygens (including phenoxy) is 1. The van der Waals surface area contributed by atoms with Crippen molar-refractivity contribution in [3.8, 4) is 11.5 Å². The minimum Gasteiger partial charge on any atom is -0.508 e. The predicted octanol–water partition coefficient (Wildman–Crippen LogP) is 6.46. The molecular formula is C24H22Br2N2O2. The molecule has 2 N–H and O–H groups in total. The molecule has 0 aromatic heterocycles. The Kier molecular flexibility index (Phi) is 6.27. The van der Waals surface area contributed by atoms with Gasteiger partial charge in [0.1, 0.15) is 17.7 Å². The van der Waals surface area contributed by atoms with Crippen molar-refractivity contribution in [3.05, 3.63) is 91.9 Å². The fourth-order valence-corrected chi connectivity index (χ4v) is 4.59. The minimum absolute atomic E-state index is 0.0813. The third kappa shape index (κ3) is 4.46. The van der Waals surface area contributed by atoms with Crippen molar-refractivity contribution >= 4 is 37.6 Å². The Balaban J connectivity index is 1.77. The van der Waals surface area contributed by atoms with Crippen LogP contribution in [0.4, 0.5) is 0 Å². The number of phenols is 1. The molecule has 0 amide bonds. The topological polar surface area (TPSA) is 53.9 Å². The van der Waals surface area contributed by atoms with Gasteiger partial charge in [0.15, 0.2) is 0 Å². The number of benzene rings is 3. The zero-order chi connectivity index (χ0) is 21.3. The first kappa shape index (κ1) is 21.1. The number of nitrogens with zero attached hydrogens (tertiary/aromatic N) is 1. The summed E-state index contributed by atoms with van der Waals surface area (Å²) in [5.41, 5.74) is 5.19. The lowest BCUT2D eigenvalue weighted by Crippen LogP contribution is -2.33. The first-order chi connectivity index (χ1) is 14.4. The number of aromatic hydroxyl groups is 1. The molecule has 3 aromatic carbocycles. The smallest absolute Gasteiger partial charge is 0.133 e. The van der Waals surface area contributed by atoms with E-state index >= 15 is 0 Å². The third-order valence-electron chi connectivity index (χ3n) is 5.28. The average Bonchev–Trinajstić information content (AvgIpc) is 2.75. The Hall–Kier alpha value is -2.15. The van der Waals surface area contributed by atoms with Crippen LogP contribution in [-0.2, 0) is 0 Å². The summed E-state index contributed by atoms with van der Waals surface area (Å²) >= 11 is 7.10. The maximum absolute atomic E-state index is 10.5. The van der Waals surface area contributed by atoms with Crippen LogP contribution >= 0.6 is 31.9 Å². The highest BCUT2D eigenvalue weighted by atomic mass is 79.9. The summed E-state index contributed by atoms with van der Waals surface area (Å²) in [5.74, 6) is 1.05. The number of aryl methyl sites for hydroxylation is 1. The van der Waals surface area contributed by atoms with Crippen LogP contribution in [0.25, 0.3) is 0 Å². The van der Waals surface area contributed by atoms with E-state index < -0.39 is 0 Å². The lowest BCUT2D eigenvalue weighted by molar-refractivity contribution is 0.406. The average molecular weight is 530 g/mol. The summed E-state index contributed by atoms with van der Waals surface area (Å²) < 4.78 is 7.18. The highest BCUT2D eigenvalue weighted by Gasteiger charge is 2.28. The van der Waals surface area contributed by atoms with Crippen molar-refractivity contribution in [2.45, 2.75) is 25.6 Å². The number of aliphatic imine (C=N–C) groups is 1. The zero-order valence-electron chi connectivity index (χ0n) is 16.7. The first-order valence-corrected chi connectivity index (χ1v) is 11.2. The van der Waals surface area contributed by atoms with Gasteiger partial charge in [-0.15, -0.1) is 0 Å². The van der Waals surface area contributed by atoms with Crippen molar-refractivity contribution in [2.75, 3.05) is 7.11 Å². The van der Waals surface area contributed by atoms with Crippen LogP contribution in [0, 0.1) is 6.92 Å². The van der Waals surface area contributed by atoms with Crippen LogP contribution in [-0.4, -0.2) is 17.9 Å². The Morgan fingerprint density at radius 2 is 1.80 bits per heavy atom. The van der Waals surface area contributed by atoms with Crippen molar-refractivity contribution in [1.29, 1.82) is 0 Å². The molecule has 1 heterocycles. The van der Waals surface area contributed by atoms with E-state index in [1.54, 1.807) is 13.2 Å². The van der Waals surface area contributed by atoms with Crippen LogP contribution in [0.3, 0.4) is 0 Å². The number of methoxy groups -OCH3 is 1. The van der Waals surface area contributed by atoms with E-state index in [1.165, 1.54) is 5.56 Å². The number of halogens is 2. The van der Waals surface area contributed by atoms with Crippen LogP contribution in [0.5, 0.6) is 11.5 Å². The lowest BCUT2D eigenvalue weighted by Gasteiger charge is -2.31. The van der Waals surface area contributed by atoms with Crippen LogP contribution in [0.15, 0.2) is 74.6 Å². The van der Waals surface area contributed by atoms with Crippen molar-refractivity contribution < 1.29 is 9.84 Å².